The normalized spacial score (nSPS) is 10.9. The summed E-state index contributed by atoms with van der Waals surface area (Å²) in [6, 6.07) is 9.70. The first-order valence-electron chi connectivity index (χ1n) is 7.51. The Kier molecular flexibility index (Phi) is 3.78. The van der Waals surface area contributed by atoms with Crippen LogP contribution in [0.4, 0.5) is 0 Å². The van der Waals surface area contributed by atoms with E-state index in [1.807, 2.05) is 51.1 Å². The smallest absolute Gasteiger partial charge is 0.268 e. The Morgan fingerprint density at radius 1 is 1.09 bits per heavy atom. The Hall–Kier alpha value is -2.82. The van der Waals surface area contributed by atoms with Crippen molar-refractivity contribution in [2.45, 2.75) is 27.3 Å². The summed E-state index contributed by atoms with van der Waals surface area (Å²) in [5, 5.41) is 3.79. The van der Waals surface area contributed by atoms with Gasteiger partial charge in [-0.3, -0.25) is 9.59 Å². The standard InChI is InChI=1S/C18H19N3O2/c1-10-4-5-13-8-16(21-15(13)6-10)18(23)19-9-14-11(2)7-12(3)20-17(14)22/h4-8,21H,9H2,1-3H3,(H,19,23)(H,20,22). The predicted octanol–water partition coefficient (Wildman–Crippen LogP) is 2.71. The van der Waals surface area contributed by atoms with Crippen LogP contribution in [0.25, 0.3) is 10.9 Å². The van der Waals surface area contributed by atoms with Gasteiger partial charge in [-0.05, 0) is 50.1 Å². The van der Waals surface area contributed by atoms with E-state index in [1.54, 1.807) is 0 Å². The number of aromatic amines is 2. The van der Waals surface area contributed by atoms with E-state index in [0.29, 0.717) is 11.3 Å². The number of fused-ring (bicyclic) bond motifs is 1. The second kappa shape index (κ2) is 5.76. The number of hydrogen-bond acceptors (Lipinski definition) is 2. The number of H-pyrrole nitrogens is 2. The highest BCUT2D eigenvalue weighted by molar-refractivity contribution is 5.98. The van der Waals surface area contributed by atoms with Crippen molar-refractivity contribution >= 4 is 16.8 Å². The minimum Gasteiger partial charge on any atom is -0.351 e. The molecule has 0 fully saturated rings. The van der Waals surface area contributed by atoms with Gasteiger partial charge in [-0.2, -0.15) is 0 Å². The van der Waals surface area contributed by atoms with Crippen molar-refractivity contribution in [1.82, 2.24) is 15.3 Å². The number of rotatable bonds is 3. The minimum absolute atomic E-state index is 0.157. The molecule has 0 aliphatic heterocycles. The summed E-state index contributed by atoms with van der Waals surface area (Å²) in [6.07, 6.45) is 0. The van der Waals surface area contributed by atoms with E-state index in [-0.39, 0.29) is 18.0 Å². The zero-order chi connectivity index (χ0) is 16.6. The second-order valence-corrected chi connectivity index (χ2v) is 5.90. The molecule has 0 bridgehead atoms. The SMILES string of the molecule is Cc1ccc2cc(C(=O)NCc3c(C)cc(C)[nH]c3=O)[nH]c2c1. The van der Waals surface area contributed by atoms with Crippen LogP contribution in [0.1, 0.15) is 32.9 Å². The first-order chi connectivity index (χ1) is 10.9. The Balaban J connectivity index is 1.80. The lowest BCUT2D eigenvalue weighted by atomic mass is 10.1. The lowest BCUT2D eigenvalue weighted by molar-refractivity contribution is 0.0946. The van der Waals surface area contributed by atoms with Crippen molar-refractivity contribution in [2.75, 3.05) is 0 Å². The predicted molar refractivity (Wildman–Crippen MR) is 90.7 cm³/mol. The fourth-order valence-corrected chi connectivity index (χ4v) is 2.73. The van der Waals surface area contributed by atoms with Crippen molar-refractivity contribution in [3.05, 3.63) is 68.8 Å². The molecule has 23 heavy (non-hydrogen) atoms. The molecule has 5 nitrogen and oxygen atoms in total. The van der Waals surface area contributed by atoms with E-state index < -0.39 is 0 Å². The van der Waals surface area contributed by atoms with Crippen molar-refractivity contribution < 1.29 is 4.79 Å². The van der Waals surface area contributed by atoms with Gasteiger partial charge >= 0.3 is 0 Å². The van der Waals surface area contributed by atoms with Crippen LogP contribution >= 0.6 is 0 Å². The molecule has 0 aliphatic rings. The molecule has 0 unspecified atom stereocenters. The molecule has 118 valence electrons. The molecule has 0 aliphatic carbocycles. The van der Waals surface area contributed by atoms with Gasteiger partial charge in [0.1, 0.15) is 5.69 Å². The average Bonchev–Trinajstić information content (AvgIpc) is 2.88. The van der Waals surface area contributed by atoms with Crippen LogP contribution in [0.2, 0.25) is 0 Å². The summed E-state index contributed by atoms with van der Waals surface area (Å²) in [4.78, 5) is 30.2. The van der Waals surface area contributed by atoms with Crippen LogP contribution in [0.15, 0.2) is 35.1 Å². The van der Waals surface area contributed by atoms with Gasteiger partial charge in [-0.25, -0.2) is 0 Å². The molecule has 1 amide bonds. The van der Waals surface area contributed by atoms with Crippen LogP contribution in [0.5, 0.6) is 0 Å². The Morgan fingerprint density at radius 2 is 1.87 bits per heavy atom. The molecular weight excluding hydrogens is 290 g/mol. The van der Waals surface area contributed by atoms with Gasteiger partial charge in [-0.1, -0.05) is 12.1 Å². The Morgan fingerprint density at radius 3 is 2.61 bits per heavy atom. The van der Waals surface area contributed by atoms with Crippen molar-refractivity contribution in [1.29, 1.82) is 0 Å². The first-order valence-corrected chi connectivity index (χ1v) is 7.51. The van der Waals surface area contributed by atoms with Crippen LogP contribution in [0.3, 0.4) is 0 Å². The molecule has 2 aromatic heterocycles. The lowest BCUT2D eigenvalue weighted by Gasteiger charge is -2.07. The summed E-state index contributed by atoms with van der Waals surface area (Å²) < 4.78 is 0. The highest BCUT2D eigenvalue weighted by atomic mass is 16.2. The number of amides is 1. The number of nitrogens with one attached hydrogen (secondary N) is 3. The monoisotopic (exact) mass is 309 g/mol. The molecular formula is C18H19N3O2. The zero-order valence-corrected chi connectivity index (χ0v) is 13.4. The third-order valence-corrected chi connectivity index (χ3v) is 3.94. The molecule has 2 heterocycles. The van der Waals surface area contributed by atoms with E-state index in [0.717, 1.165) is 27.7 Å². The van der Waals surface area contributed by atoms with Gasteiger partial charge in [0, 0.05) is 28.7 Å². The number of pyridine rings is 1. The molecule has 3 aromatic rings. The molecule has 3 rings (SSSR count). The second-order valence-electron chi connectivity index (χ2n) is 5.90. The van der Waals surface area contributed by atoms with Gasteiger partial charge in [-0.15, -0.1) is 0 Å². The molecule has 0 saturated carbocycles. The maximum absolute atomic E-state index is 12.3. The summed E-state index contributed by atoms with van der Waals surface area (Å²) in [5.41, 5.74) is 4.66. The quantitative estimate of drug-likeness (QED) is 0.695. The molecule has 0 radical (unpaired) electrons. The third-order valence-electron chi connectivity index (χ3n) is 3.94. The van der Waals surface area contributed by atoms with Crippen LogP contribution in [-0.2, 0) is 6.54 Å². The van der Waals surface area contributed by atoms with Crippen molar-refractivity contribution in [2.24, 2.45) is 0 Å². The average molecular weight is 309 g/mol. The molecule has 5 heteroatoms. The Bertz CT molecular complexity index is 951. The Labute approximate surface area is 133 Å². The van der Waals surface area contributed by atoms with E-state index in [9.17, 15) is 9.59 Å². The van der Waals surface area contributed by atoms with E-state index >= 15 is 0 Å². The van der Waals surface area contributed by atoms with Crippen molar-refractivity contribution in [3.8, 4) is 0 Å². The number of carbonyl (C=O) groups is 1. The number of carbonyl (C=O) groups excluding carboxylic acids is 1. The van der Waals surface area contributed by atoms with Crippen LogP contribution < -0.4 is 10.9 Å². The fourth-order valence-electron chi connectivity index (χ4n) is 2.73. The van der Waals surface area contributed by atoms with E-state index in [4.69, 9.17) is 0 Å². The highest BCUT2D eigenvalue weighted by Gasteiger charge is 2.11. The molecule has 0 saturated heterocycles. The van der Waals surface area contributed by atoms with Gasteiger partial charge in [0.15, 0.2) is 0 Å². The third kappa shape index (κ3) is 3.04. The van der Waals surface area contributed by atoms with Crippen LogP contribution in [-0.4, -0.2) is 15.9 Å². The molecule has 3 N–H and O–H groups in total. The molecule has 0 spiro atoms. The van der Waals surface area contributed by atoms with Gasteiger partial charge < -0.3 is 15.3 Å². The summed E-state index contributed by atoms with van der Waals surface area (Å²) >= 11 is 0. The van der Waals surface area contributed by atoms with Crippen molar-refractivity contribution in [3.63, 3.8) is 0 Å². The minimum atomic E-state index is -0.224. The first kappa shape index (κ1) is 15.1. The van der Waals surface area contributed by atoms with Crippen LogP contribution in [0, 0.1) is 20.8 Å². The van der Waals surface area contributed by atoms with E-state index in [1.165, 1.54) is 0 Å². The van der Waals surface area contributed by atoms with E-state index in [2.05, 4.69) is 15.3 Å². The molecule has 0 atom stereocenters. The van der Waals surface area contributed by atoms with Gasteiger partial charge in [0.2, 0.25) is 0 Å². The maximum atomic E-state index is 12.3. The summed E-state index contributed by atoms with van der Waals surface area (Å²) in [5.74, 6) is -0.224. The zero-order valence-electron chi connectivity index (χ0n) is 13.4. The lowest BCUT2D eigenvalue weighted by Crippen LogP contribution is -2.28. The number of benzene rings is 1. The summed E-state index contributed by atoms with van der Waals surface area (Å²) in [6.45, 7) is 5.92. The number of aryl methyl sites for hydroxylation is 3. The molecule has 1 aromatic carbocycles. The van der Waals surface area contributed by atoms with Gasteiger partial charge in [0.05, 0.1) is 0 Å². The topological polar surface area (TPSA) is 77.8 Å². The summed E-state index contributed by atoms with van der Waals surface area (Å²) in [7, 11) is 0. The van der Waals surface area contributed by atoms with Gasteiger partial charge in [0.25, 0.3) is 11.5 Å². The number of aromatic nitrogens is 2. The fraction of sp³-hybridized carbons (Fsp3) is 0.222. The largest absolute Gasteiger partial charge is 0.351 e. The highest BCUT2D eigenvalue weighted by Crippen LogP contribution is 2.17. The maximum Gasteiger partial charge on any atom is 0.268 e. The number of hydrogen-bond donors (Lipinski definition) is 3.